The van der Waals surface area contributed by atoms with E-state index >= 15 is 0 Å². The van der Waals surface area contributed by atoms with Gasteiger partial charge in [0.1, 0.15) is 6.04 Å². The van der Waals surface area contributed by atoms with E-state index in [0.29, 0.717) is 11.4 Å². The quantitative estimate of drug-likeness (QED) is 0.824. The Hall–Kier alpha value is -1.69. The number of carbonyl (C=O) groups excluding carboxylic acids is 1. The maximum absolute atomic E-state index is 12.4. The van der Waals surface area contributed by atoms with Crippen LogP contribution in [0.1, 0.15) is 18.9 Å². The zero-order chi connectivity index (χ0) is 14.7. The Morgan fingerprint density at radius 3 is 2.60 bits per heavy atom. The fraction of sp³-hybridized carbons (Fsp3) is 0.429. The Labute approximate surface area is 122 Å². The Balaban J connectivity index is 2.12. The molecule has 0 bridgehead atoms. The summed E-state index contributed by atoms with van der Waals surface area (Å²) in [4.78, 5) is 25.2. The first-order valence-electron chi connectivity index (χ1n) is 6.53. The lowest BCUT2D eigenvalue weighted by Gasteiger charge is -2.26. The van der Waals surface area contributed by atoms with Crippen molar-refractivity contribution < 1.29 is 14.7 Å². The van der Waals surface area contributed by atoms with E-state index < -0.39 is 12.0 Å². The molecule has 0 aliphatic carbocycles. The average molecular weight is 294 g/mol. The average Bonchev–Trinajstić information content (AvgIpc) is 2.85. The first-order valence-corrected chi connectivity index (χ1v) is 7.57. The SMILES string of the molecule is CCC1SCC(C(=O)O)N1C(=O)Cc1ccc(N)cc1. The number of carbonyl (C=O) groups is 2. The molecular formula is C14H18N2O3S. The van der Waals surface area contributed by atoms with Gasteiger partial charge in [0, 0.05) is 11.4 Å². The van der Waals surface area contributed by atoms with E-state index in [-0.39, 0.29) is 17.7 Å². The maximum atomic E-state index is 12.4. The fourth-order valence-electron chi connectivity index (χ4n) is 2.30. The number of benzene rings is 1. The highest BCUT2D eigenvalue weighted by atomic mass is 32.2. The monoisotopic (exact) mass is 294 g/mol. The second-order valence-electron chi connectivity index (χ2n) is 4.77. The molecule has 2 unspecified atom stereocenters. The van der Waals surface area contributed by atoms with Crippen molar-refractivity contribution in [2.75, 3.05) is 11.5 Å². The molecule has 6 heteroatoms. The second-order valence-corrected chi connectivity index (χ2v) is 5.98. The minimum atomic E-state index is -0.931. The van der Waals surface area contributed by atoms with Gasteiger partial charge in [-0.05, 0) is 24.1 Å². The molecule has 108 valence electrons. The number of thioether (sulfide) groups is 1. The molecular weight excluding hydrogens is 276 g/mol. The number of nitrogens with two attached hydrogens (primary N) is 1. The number of anilines is 1. The second kappa shape index (κ2) is 6.17. The molecule has 3 N–H and O–H groups in total. The maximum Gasteiger partial charge on any atom is 0.327 e. The molecule has 1 aliphatic heterocycles. The molecule has 2 rings (SSSR count). The van der Waals surface area contributed by atoms with Crippen LogP contribution in [0.25, 0.3) is 0 Å². The van der Waals surface area contributed by atoms with Gasteiger partial charge >= 0.3 is 5.97 Å². The normalized spacial score (nSPS) is 21.9. The minimum Gasteiger partial charge on any atom is -0.480 e. The van der Waals surface area contributed by atoms with Crippen molar-refractivity contribution >= 4 is 29.3 Å². The third-order valence-electron chi connectivity index (χ3n) is 3.35. The van der Waals surface area contributed by atoms with Crippen molar-refractivity contribution in [1.82, 2.24) is 4.90 Å². The molecule has 0 aromatic heterocycles. The predicted octanol–water partition coefficient (Wildman–Crippen LogP) is 1.58. The molecule has 0 radical (unpaired) electrons. The summed E-state index contributed by atoms with van der Waals surface area (Å²) in [5, 5.41) is 9.18. The van der Waals surface area contributed by atoms with Crippen LogP contribution in [0.15, 0.2) is 24.3 Å². The lowest BCUT2D eigenvalue weighted by atomic mass is 10.1. The van der Waals surface area contributed by atoms with Gasteiger partial charge in [-0.2, -0.15) is 0 Å². The smallest absolute Gasteiger partial charge is 0.327 e. The van der Waals surface area contributed by atoms with E-state index in [1.165, 1.54) is 16.7 Å². The van der Waals surface area contributed by atoms with Crippen LogP contribution in [0.5, 0.6) is 0 Å². The van der Waals surface area contributed by atoms with Crippen molar-refractivity contribution in [3.63, 3.8) is 0 Å². The highest BCUT2D eigenvalue weighted by Crippen LogP contribution is 2.31. The summed E-state index contributed by atoms with van der Waals surface area (Å²) in [6.45, 7) is 1.96. The number of aliphatic carboxylic acids is 1. The number of hydrogen-bond donors (Lipinski definition) is 2. The van der Waals surface area contributed by atoms with Crippen molar-refractivity contribution in [2.45, 2.75) is 31.2 Å². The van der Waals surface area contributed by atoms with Crippen molar-refractivity contribution in [1.29, 1.82) is 0 Å². The highest BCUT2D eigenvalue weighted by molar-refractivity contribution is 8.00. The summed E-state index contributed by atoms with van der Waals surface area (Å²) in [6, 6.07) is 6.37. The van der Waals surface area contributed by atoms with E-state index in [4.69, 9.17) is 5.73 Å². The number of hydrogen-bond acceptors (Lipinski definition) is 4. The van der Waals surface area contributed by atoms with Crippen molar-refractivity contribution in [3.8, 4) is 0 Å². The molecule has 1 heterocycles. The number of nitrogen functional groups attached to an aromatic ring is 1. The van der Waals surface area contributed by atoms with Gasteiger partial charge in [-0.1, -0.05) is 19.1 Å². The number of rotatable bonds is 4. The van der Waals surface area contributed by atoms with E-state index in [0.717, 1.165) is 12.0 Å². The minimum absolute atomic E-state index is 0.0441. The third-order valence-corrected chi connectivity index (χ3v) is 4.80. The number of amides is 1. The van der Waals surface area contributed by atoms with Crippen LogP contribution in [-0.2, 0) is 16.0 Å². The van der Waals surface area contributed by atoms with E-state index in [1.54, 1.807) is 24.3 Å². The fourth-order valence-corrected chi connectivity index (χ4v) is 3.67. The van der Waals surface area contributed by atoms with Crippen LogP contribution in [-0.4, -0.2) is 39.1 Å². The van der Waals surface area contributed by atoms with Gasteiger partial charge in [0.2, 0.25) is 5.91 Å². The highest BCUT2D eigenvalue weighted by Gasteiger charge is 2.40. The van der Waals surface area contributed by atoms with Gasteiger partial charge in [0.15, 0.2) is 0 Å². The lowest BCUT2D eigenvalue weighted by Crippen LogP contribution is -2.46. The molecule has 5 nitrogen and oxygen atoms in total. The van der Waals surface area contributed by atoms with E-state index in [9.17, 15) is 14.7 Å². The van der Waals surface area contributed by atoms with E-state index in [2.05, 4.69) is 0 Å². The zero-order valence-electron chi connectivity index (χ0n) is 11.3. The molecule has 2 atom stereocenters. The van der Waals surface area contributed by atoms with Gasteiger partial charge in [0.05, 0.1) is 11.8 Å². The summed E-state index contributed by atoms with van der Waals surface area (Å²) in [7, 11) is 0. The van der Waals surface area contributed by atoms with Crippen LogP contribution in [0.3, 0.4) is 0 Å². The number of carboxylic acids is 1. The summed E-state index contributed by atoms with van der Waals surface area (Å²) < 4.78 is 0. The summed E-state index contributed by atoms with van der Waals surface area (Å²) in [5.41, 5.74) is 7.10. The molecule has 1 saturated heterocycles. The lowest BCUT2D eigenvalue weighted by molar-refractivity contribution is -0.148. The van der Waals surface area contributed by atoms with E-state index in [1.807, 2.05) is 6.92 Å². The van der Waals surface area contributed by atoms with Crippen LogP contribution >= 0.6 is 11.8 Å². The van der Waals surface area contributed by atoms with Gasteiger partial charge in [-0.3, -0.25) is 4.79 Å². The van der Waals surface area contributed by atoms with Gasteiger partial charge in [0.25, 0.3) is 0 Å². The van der Waals surface area contributed by atoms with Crippen molar-refractivity contribution in [2.24, 2.45) is 0 Å². The standard InChI is InChI=1S/C14H18N2O3S/c1-2-13-16(11(8-20-13)14(18)19)12(17)7-9-3-5-10(15)6-4-9/h3-6,11,13H,2,7-8,15H2,1H3,(H,18,19). The molecule has 1 aromatic carbocycles. The Bertz CT molecular complexity index is 504. The first kappa shape index (κ1) is 14.7. The Kier molecular flexibility index (Phi) is 4.54. The Morgan fingerprint density at radius 2 is 2.05 bits per heavy atom. The van der Waals surface area contributed by atoms with Crippen LogP contribution in [0.4, 0.5) is 5.69 Å². The number of nitrogens with zero attached hydrogens (tertiary/aromatic N) is 1. The van der Waals surface area contributed by atoms with Gasteiger partial charge < -0.3 is 15.7 Å². The topological polar surface area (TPSA) is 83.6 Å². The summed E-state index contributed by atoms with van der Waals surface area (Å²) in [5.74, 6) is -0.612. The first-order chi connectivity index (χ1) is 9.52. The predicted molar refractivity (Wildman–Crippen MR) is 79.4 cm³/mol. The van der Waals surface area contributed by atoms with Gasteiger partial charge in [-0.25, -0.2) is 4.79 Å². The molecule has 1 aliphatic rings. The van der Waals surface area contributed by atoms with Crippen molar-refractivity contribution in [3.05, 3.63) is 29.8 Å². The molecule has 1 amide bonds. The van der Waals surface area contributed by atoms with Crippen LogP contribution in [0, 0.1) is 0 Å². The molecule has 0 saturated carbocycles. The number of carboxylic acid groups (broad SMARTS) is 1. The molecule has 0 spiro atoms. The molecule has 1 aromatic rings. The summed E-state index contributed by atoms with van der Waals surface area (Å²) in [6.07, 6.45) is 0.961. The zero-order valence-corrected chi connectivity index (χ0v) is 12.1. The summed E-state index contributed by atoms with van der Waals surface area (Å²) >= 11 is 1.53. The third kappa shape index (κ3) is 3.07. The van der Waals surface area contributed by atoms with Crippen LogP contribution in [0.2, 0.25) is 0 Å². The Morgan fingerprint density at radius 1 is 1.40 bits per heavy atom. The molecule has 1 fully saturated rings. The van der Waals surface area contributed by atoms with Gasteiger partial charge in [-0.15, -0.1) is 11.8 Å². The molecule has 20 heavy (non-hydrogen) atoms. The van der Waals surface area contributed by atoms with Crippen LogP contribution < -0.4 is 5.73 Å². The largest absolute Gasteiger partial charge is 0.480 e.